The van der Waals surface area contributed by atoms with Crippen LogP contribution >= 0.6 is 16.8 Å². The van der Waals surface area contributed by atoms with Gasteiger partial charge in [0.2, 0.25) is 0 Å². The van der Waals surface area contributed by atoms with Gasteiger partial charge in [-0.15, -0.1) is 9.24 Å². The molecule has 39 heavy (non-hydrogen) atoms. The van der Waals surface area contributed by atoms with Gasteiger partial charge in [0.25, 0.3) is 0 Å². The first kappa shape index (κ1) is 30.6. The maximum atomic E-state index is 13.2. The Morgan fingerprint density at radius 2 is 1.13 bits per heavy atom. The Hall–Kier alpha value is -2.94. The van der Waals surface area contributed by atoms with Gasteiger partial charge in [-0.2, -0.15) is 0 Å². The van der Waals surface area contributed by atoms with Crippen molar-refractivity contribution < 1.29 is 23.1 Å². The van der Waals surface area contributed by atoms with Crippen LogP contribution in [-0.4, -0.2) is 27.4 Å². The Labute approximate surface area is 235 Å². The molecule has 0 amide bonds. The van der Waals surface area contributed by atoms with Crippen LogP contribution < -0.4 is 20.1 Å². The van der Waals surface area contributed by atoms with Gasteiger partial charge in [-0.3, -0.25) is 4.57 Å². The first-order chi connectivity index (χ1) is 18.7. The van der Waals surface area contributed by atoms with E-state index < -0.39 is 7.60 Å². The molecule has 0 aliphatic carbocycles. The first-order valence-corrected chi connectivity index (χ1v) is 15.0. The molecule has 0 spiro atoms. The molecule has 7 heteroatoms. The fourth-order valence-corrected chi connectivity index (χ4v) is 6.45. The highest BCUT2D eigenvalue weighted by Crippen LogP contribution is 2.49. The molecule has 0 fully saturated rings. The molecule has 0 radical (unpaired) electrons. The predicted octanol–water partition coefficient (Wildman–Crippen LogP) is 7.73. The van der Waals surface area contributed by atoms with Crippen molar-refractivity contribution in [3.63, 3.8) is 0 Å². The number of rotatable bonds is 9. The van der Waals surface area contributed by atoms with Crippen molar-refractivity contribution in [1.29, 1.82) is 0 Å². The van der Waals surface area contributed by atoms with E-state index in [1.54, 1.807) is 20.3 Å². The molecular weight excluding hydrogens is 526 g/mol. The molecule has 0 N–H and O–H groups in total. The Balaban J connectivity index is 0.000000230. The minimum Gasteiger partial charge on any atom is -0.497 e. The molecule has 0 aliphatic rings. The zero-order chi connectivity index (χ0) is 28.4. The zero-order valence-electron chi connectivity index (χ0n) is 23.6. The third-order valence-electron chi connectivity index (χ3n) is 5.95. The second-order valence-electron chi connectivity index (χ2n) is 8.92. The highest BCUT2D eigenvalue weighted by Gasteiger charge is 2.29. The molecule has 0 aliphatic heterocycles. The van der Waals surface area contributed by atoms with Crippen LogP contribution in [-0.2, 0) is 13.6 Å². The minimum absolute atomic E-state index is 0.322. The average molecular weight is 565 g/mol. The van der Waals surface area contributed by atoms with Crippen LogP contribution in [0.4, 0.5) is 0 Å². The van der Waals surface area contributed by atoms with Gasteiger partial charge in [-0.1, -0.05) is 54.6 Å². The van der Waals surface area contributed by atoms with Crippen molar-refractivity contribution >= 4 is 27.4 Å². The van der Waals surface area contributed by atoms with Gasteiger partial charge in [0.05, 0.1) is 32.7 Å². The summed E-state index contributed by atoms with van der Waals surface area (Å²) in [6.07, 6.45) is 0. The molecular formula is C32H38O5P2. The average Bonchev–Trinajstić information content (AvgIpc) is 2.93. The van der Waals surface area contributed by atoms with Crippen LogP contribution in [0.3, 0.4) is 0 Å². The van der Waals surface area contributed by atoms with E-state index in [0.29, 0.717) is 18.5 Å². The smallest absolute Gasteiger partial charge is 0.361 e. The lowest BCUT2D eigenvalue weighted by Gasteiger charge is -2.20. The summed E-state index contributed by atoms with van der Waals surface area (Å²) in [5, 5.41) is 1.78. The van der Waals surface area contributed by atoms with E-state index in [-0.39, 0.29) is 0 Å². The van der Waals surface area contributed by atoms with Gasteiger partial charge >= 0.3 is 7.60 Å². The second-order valence-corrected chi connectivity index (χ2v) is 11.5. The number of aryl methyl sites for hydroxylation is 2. The number of hydrogen-bond donors (Lipinski definition) is 0. The number of hydrogen-bond acceptors (Lipinski definition) is 5. The van der Waals surface area contributed by atoms with Crippen LogP contribution in [0, 0.1) is 13.8 Å². The second kappa shape index (κ2) is 14.4. The molecule has 0 heterocycles. The molecule has 0 aromatic heterocycles. The van der Waals surface area contributed by atoms with Crippen molar-refractivity contribution in [2.24, 2.45) is 0 Å². The van der Waals surface area contributed by atoms with E-state index in [1.165, 1.54) is 22.0 Å². The Morgan fingerprint density at radius 1 is 0.667 bits per heavy atom. The van der Waals surface area contributed by atoms with E-state index in [4.69, 9.17) is 18.5 Å². The summed E-state index contributed by atoms with van der Waals surface area (Å²) in [7, 11) is 2.75. The first-order valence-electron chi connectivity index (χ1n) is 12.9. The van der Waals surface area contributed by atoms with Crippen molar-refractivity contribution in [2.75, 3.05) is 27.4 Å². The zero-order valence-corrected chi connectivity index (χ0v) is 25.6. The fraction of sp³-hybridized carbons (Fsp3) is 0.250. The summed E-state index contributed by atoms with van der Waals surface area (Å²) in [5.74, 6) is 1.67. The molecule has 4 aromatic rings. The quantitative estimate of drug-likeness (QED) is 0.195. The fourth-order valence-electron chi connectivity index (χ4n) is 4.28. The molecule has 0 bridgehead atoms. The largest absolute Gasteiger partial charge is 0.497 e. The van der Waals surface area contributed by atoms with Gasteiger partial charge < -0.3 is 18.5 Å². The molecule has 1 unspecified atom stereocenters. The van der Waals surface area contributed by atoms with E-state index in [2.05, 4.69) is 46.5 Å². The molecule has 5 nitrogen and oxygen atoms in total. The predicted molar refractivity (Wildman–Crippen MR) is 166 cm³/mol. The van der Waals surface area contributed by atoms with Crippen molar-refractivity contribution in [3.8, 4) is 33.8 Å². The lowest BCUT2D eigenvalue weighted by molar-refractivity contribution is 0.230. The van der Waals surface area contributed by atoms with E-state index in [1.807, 2.05) is 69.3 Å². The van der Waals surface area contributed by atoms with Gasteiger partial charge in [0, 0.05) is 0 Å². The maximum absolute atomic E-state index is 13.2. The van der Waals surface area contributed by atoms with Crippen LogP contribution in [0.15, 0.2) is 84.9 Å². The van der Waals surface area contributed by atoms with Crippen LogP contribution in [0.5, 0.6) is 11.5 Å². The molecule has 1 atom stereocenters. The van der Waals surface area contributed by atoms with Crippen molar-refractivity contribution in [2.45, 2.75) is 27.7 Å². The Bertz CT molecular complexity index is 1420. The maximum Gasteiger partial charge on any atom is 0.361 e. The molecule has 4 aromatic carbocycles. The van der Waals surface area contributed by atoms with Crippen molar-refractivity contribution in [1.82, 2.24) is 0 Å². The lowest BCUT2D eigenvalue weighted by Crippen LogP contribution is -2.13. The Kier molecular flexibility index (Phi) is 11.3. The van der Waals surface area contributed by atoms with Crippen LogP contribution in [0.2, 0.25) is 0 Å². The standard InChI is InChI=1S/C18H23O4P.C14H15OP/c1-5-21-23(19,22-6-2)18-10-8-7-9-17(18)15-11-14(3)12-16(13-15)20-4;1-10-7-11(9-12(8-10)15-2)13-5-3-4-6-14(13)16/h7-13H,5-6H2,1-4H3;3-9H,16H2,1-2H3. The van der Waals surface area contributed by atoms with Gasteiger partial charge in [0.1, 0.15) is 11.5 Å². The number of ether oxygens (including phenoxy) is 2. The topological polar surface area (TPSA) is 54.0 Å². The van der Waals surface area contributed by atoms with Crippen LogP contribution in [0.25, 0.3) is 22.3 Å². The summed E-state index contributed by atoms with van der Waals surface area (Å²) in [5.41, 5.74) is 6.47. The van der Waals surface area contributed by atoms with Gasteiger partial charge in [0.15, 0.2) is 0 Å². The van der Waals surface area contributed by atoms with Crippen LogP contribution in [0.1, 0.15) is 25.0 Å². The summed E-state index contributed by atoms with van der Waals surface area (Å²) in [6, 6.07) is 28.0. The minimum atomic E-state index is -3.35. The molecule has 206 valence electrons. The van der Waals surface area contributed by atoms with E-state index in [0.717, 1.165) is 28.2 Å². The Morgan fingerprint density at radius 3 is 1.62 bits per heavy atom. The molecule has 0 saturated carbocycles. The molecule has 0 saturated heterocycles. The summed E-state index contributed by atoms with van der Waals surface area (Å²) in [4.78, 5) is 0. The number of benzene rings is 4. The SMILES string of the molecule is CCOP(=O)(OCC)c1ccccc1-c1cc(C)cc(OC)c1.COc1cc(C)cc(-c2ccccc2P)c1. The summed E-state index contributed by atoms with van der Waals surface area (Å²) in [6.45, 7) is 8.34. The van der Waals surface area contributed by atoms with Crippen molar-refractivity contribution in [3.05, 3.63) is 96.1 Å². The van der Waals surface area contributed by atoms with Gasteiger partial charge in [-0.25, -0.2) is 0 Å². The molecule has 4 rings (SSSR count). The van der Waals surface area contributed by atoms with Gasteiger partial charge in [-0.05, 0) is 96.7 Å². The highest BCUT2D eigenvalue weighted by atomic mass is 31.2. The third kappa shape index (κ3) is 8.03. The summed E-state index contributed by atoms with van der Waals surface area (Å²) < 4.78 is 34.8. The highest BCUT2D eigenvalue weighted by molar-refractivity contribution is 7.62. The normalized spacial score (nSPS) is 10.9. The summed E-state index contributed by atoms with van der Waals surface area (Å²) >= 11 is 0. The third-order valence-corrected chi connectivity index (χ3v) is 8.63. The monoisotopic (exact) mass is 564 g/mol. The van der Waals surface area contributed by atoms with E-state index >= 15 is 0 Å². The number of methoxy groups -OCH3 is 2. The van der Waals surface area contributed by atoms with E-state index in [9.17, 15) is 4.57 Å². The lowest BCUT2D eigenvalue weighted by atomic mass is 10.0.